The minimum atomic E-state index is -3.67. The van der Waals surface area contributed by atoms with Crippen LogP contribution >= 0.6 is 11.6 Å². The number of aryl methyl sites for hydroxylation is 2. The number of hydrogen-bond acceptors (Lipinski definition) is 4. The van der Waals surface area contributed by atoms with Gasteiger partial charge in [-0.15, -0.1) is 0 Å². The van der Waals surface area contributed by atoms with E-state index in [9.17, 15) is 13.2 Å². The Morgan fingerprint density at radius 2 is 1.62 bits per heavy atom. The molecular weight excluding hydrogens is 446 g/mol. The van der Waals surface area contributed by atoms with Crippen LogP contribution in [0.2, 0.25) is 5.02 Å². The lowest BCUT2D eigenvalue weighted by molar-refractivity contribution is 0.0471. The Hall–Kier alpha value is -1.89. The molecule has 0 spiro atoms. The molecule has 0 unspecified atom stereocenters. The topological polar surface area (TPSA) is 63.7 Å². The average molecular weight is 478 g/mol. The van der Waals surface area contributed by atoms with Crippen LogP contribution in [0.15, 0.2) is 35.2 Å². The molecule has 0 bridgehead atoms. The Morgan fingerprint density at radius 1 is 1.03 bits per heavy atom. The first-order valence-corrected chi connectivity index (χ1v) is 12.8. The first-order valence-electron chi connectivity index (χ1n) is 11.0. The molecule has 7 heteroatoms. The summed E-state index contributed by atoms with van der Waals surface area (Å²) < 4.78 is 33.0. The summed E-state index contributed by atoms with van der Waals surface area (Å²) in [5.41, 5.74) is 4.36. The lowest BCUT2D eigenvalue weighted by atomic mass is 9.84. The van der Waals surface area contributed by atoms with Gasteiger partial charge in [0.25, 0.3) is 0 Å². The van der Waals surface area contributed by atoms with Crippen LogP contribution in [0.25, 0.3) is 0 Å². The zero-order valence-electron chi connectivity index (χ0n) is 19.5. The molecule has 0 saturated carbocycles. The summed E-state index contributed by atoms with van der Waals surface area (Å²) in [5, 5.41) is 0.170. The first kappa shape index (κ1) is 24.7. The van der Waals surface area contributed by atoms with E-state index in [0.717, 1.165) is 36.0 Å². The first-order chi connectivity index (χ1) is 14.9. The van der Waals surface area contributed by atoms with Gasteiger partial charge in [0.2, 0.25) is 10.0 Å². The van der Waals surface area contributed by atoms with E-state index in [1.807, 2.05) is 13.8 Å². The van der Waals surface area contributed by atoms with Crippen molar-refractivity contribution in [2.45, 2.75) is 70.8 Å². The van der Waals surface area contributed by atoms with E-state index in [4.69, 9.17) is 16.3 Å². The summed E-state index contributed by atoms with van der Waals surface area (Å²) in [5.74, 6) is -0.635. The number of ether oxygens (including phenoxy) is 1. The van der Waals surface area contributed by atoms with E-state index in [1.54, 1.807) is 0 Å². The highest BCUT2D eigenvalue weighted by molar-refractivity contribution is 7.89. The lowest BCUT2D eigenvalue weighted by Gasteiger charge is -2.26. The maximum atomic E-state index is 13.0. The van der Waals surface area contributed by atoms with Crippen LogP contribution in [0.5, 0.6) is 0 Å². The molecule has 32 heavy (non-hydrogen) atoms. The summed E-state index contributed by atoms with van der Waals surface area (Å²) in [4.78, 5) is 12.9. The molecule has 0 radical (unpaired) electrons. The third-order valence-corrected chi connectivity index (χ3v) is 8.24. The van der Waals surface area contributed by atoms with E-state index in [2.05, 4.69) is 32.9 Å². The maximum absolute atomic E-state index is 13.0. The number of rotatable bonds is 5. The van der Waals surface area contributed by atoms with Crippen LogP contribution < -0.4 is 0 Å². The fourth-order valence-corrected chi connectivity index (χ4v) is 5.68. The van der Waals surface area contributed by atoms with Gasteiger partial charge in [0, 0.05) is 13.1 Å². The Bertz CT molecular complexity index is 1090. The second-order valence-corrected chi connectivity index (χ2v) is 11.9. The predicted molar refractivity (Wildman–Crippen MR) is 128 cm³/mol. The van der Waals surface area contributed by atoms with E-state index in [0.29, 0.717) is 13.1 Å². The van der Waals surface area contributed by atoms with E-state index in [1.165, 1.54) is 28.1 Å². The van der Waals surface area contributed by atoms with Crippen molar-refractivity contribution in [2.75, 3.05) is 13.1 Å². The van der Waals surface area contributed by atoms with Crippen molar-refractivity contribution in [3.8, 4) is 0 Å². The van der Waals surface area contributed by atoms with Gasteiger partial charge in [-0.05, 0) is 72.6 Å². The molecule has 2 aromatic carbocycles. The van der Waals surface area contributed by atoms with Gasteiger partial charge >= 0.3 is 5.97 Å². The number of benzene rings is 2. The molecule has 1 heterocycles. The smallest absolute Gasteiger partial charge is 0.340 e. The monoisotopic (exact) mass is 477 g/mol. The third-order valence-electron chi connectivity index (χ3n) is 6.02. The van der Waals surface area contributed by atoms with Crippen LogP contribution in [0.3, 0.4) is 0 Å². The number of carbonyl (C=O) groups is 1. The van der Waals surface area contributed by atoms with Crippen molar-refractivity contribution in [1.82, 2.24) is 4.31 Å². The second kappa shape index (κ2) is 9.54. The Kier molecular flexibility index (Phi) is 7.38. The van der Waals surface area contributed by atoms with Crippen LogP contribution in [0.1, 0.15) is 72.6 Å². The highest BCUT2D eigenvalue weighted by Crippen LogP contribution is 2.29. The molecule has 0 amide bonds. The highest BCUT2D eigenvalue weighted by atomic mass is 35.5. The van der Waals surface area contributed by atoms with Gasteiger partial charge in [-0.3, -0.25) is 0 Å². The van der Waals surface area contributed by atoms with E-state index in [-0.39, 0.29) is 27.5 Å². The SMILES string of the molecule is Cc1cc(C(C)(C)C)cc(C)c1COC(=O)c1cc(S(=O)(=O)N2CCCCC2)ccc1Cl. The number of sulfonamides is 1. The third kappa shape index (κ3) is 5.36. The van der Waals surface area contributed by atoms with E-state index < -0.39 is 16.0 Å². The van der Waals surface area contributed by atoms with Crippen LogP contribution in [-0.4, -0.2) is 31.8 Å². The fourth-order valence-electron chi connectivity index (χ4n) is 3.95. The second-order valence-electron chi connectivity index (χ2n) is 9.52. The summed E-state index contributed by atoms with van der Waals surface area (Å²) >= 11 is 6.23. The van der Waals surface area contributed by atoms with Gasteiger partial charge in [-0.2, -0.15) is 4.31 Å². The number of piperidine rings is 1. The number of esters is 1. The largest absolute Gasteiger partial charge is 0.457 e. The molecule has 1 aliphatic heterocycles. The molecule has 0 atom stereocenters. The number of hydrogen-bond donors (Lipinski definition) is 0. The molecule has 1 fully saturated rings. The molecule has 2 aromatic rings. The zero-order chi connectivity index (χ0) is 23.7. The summed E-state index contributed by atoms with van der Waals surface area (Å²) in [6, 6.07) is 8.47. The number of nitrogens with zero attached hydrogens (tertiary/aromatic N) is 1. The minimum absolute atomic E-state index is 0.0263. The van der Waals surface area contributed by atoms with Crippen molar-refractivity contribution in [2.24, 2.45) is 0 Å². The van der Waals surface area contributed by atoms with Gasteiger partial charge in [0.1, 0.15) is 6.61 Å². The predicted octanol–water partition coefficient (Wildman–Crippen LogP) is 5.79. The Morgan fingerprint density at radius 3 is 2.19 bits per heavy atom. The normalized spacial score (nSPS) is 15.6. The quantitative estimate of drug-likeness (QED) is 0.511. The fraction of sp³-hybridized carbons (Fsp3) is 0.480. The summed E-state index contributed by atoms with van der Waals surface area (Å²) in [6.07, 6.45) is 2.71. The maximum Gasteiger partial charge on any atom is 0.340 e. The Labute approximate surface area is 196 Å². The molecule has 0 aliphatic carbocycles. The molecule has 1 aliphatic rings. The number of carbonyl (C=O) groups excluding carboxylic acids is 1. The highest BCUT2D eigenvalue weighted by Gasteiger charge is 2.27. The zero-order valence-corrected chi connectivity index (χ0v) is 21.1. The molecule has 3 rings (SSSR count). The van der Waals surface area contributed by atoms with Crippen LogP contribution in [0.4, 0.5) is 0 Å². The average Bonchev–Trinajstić information content (AvgIpc) is 2.73. The summed E-state index contributed by atoms with van der Waals surface area (Å²) in [7, 11) is -3.67. The van der Waals surface area contributed by atoms with Crippen LogP contribution in [0, 0.1) is 13.8 Å². The van der Waals surface area contributed by atoms with Crippen molar-refractivity contribution < 1.29 is 17.9 Å². The molecule has 174 valence electrons. The lowest BCUT2D eigenvalue weighted by Crippen LogP contribution is -2.35. The van der Waals surface area contributed by atoms with Gasteiger partial charge in [0.05, 0.1) is 15.5 Å². The molecule has 0 N–H and O–H groups in total. The summed E-state index contributed by atoms with van der Waals surface area (Å²) in [6.45, 7) is 11.6. The Balaban J connectivity index is 1.81. The van der Waals surface area contributed by atoms with E-state index >= 15 is 0 Å². The van der Waals surface area contributed by atoms with Crippen molar-refractivity contribution in [3.63, 3.8) is 0 Å². The van der Waals surface area contributed by atoms with Gasteiger partial charge < -0.3 is 4.74 Å². The van der Waals surface area contributed by atoms with Crippen LogP contribution in [-0.2, 0) is 26.8 Å². The molecule has 5 nitrogen and oxygen atoms in total. The molecular formula is C25H32ClNO4S. The van der Waals surface area contributed by atoms with Gasteiger partial charge in [-0.1, -0.05) is 50.9 Å². The van der Waals surface area contributed by atoms with Crippen molar-refractivity contribution in [3.05, 3.63) is 63.2 Å². The number of halogens is 1. The molecule has 0 aromatic heterocycles. The van der Waals surface area contributed by atoms with Gasteiger partial charge in [0.15, 0.2) is 0 Å². The van der Waals surface area contributed by atoms with Crippen molar-refractivity contribution in [1.29, 1.82) is 0 Å². The minimum Gasteiger partial charge on any atom is -0.457 e. The molecule has 1 saturated heterocycles. The standard InChI is InChI=1S/C25H32ClNO4S/c1-17-13-19(25(3,4)5)14-18(2)22(17)16-31-24(28)21-15-20(9-10-23(21)26)32(29,30)27-11-7-6-8-12-27/h9-10,13-15H,6-8,11-12,16H2,1-5H3. The van der Waals surface area contributed by atoms with Gasteiger partial charge in [-0.25, -0.2) is 13.2 Å². The van der Waals surface area contributed by atoms with Crippen molar-refractivity contribution >= 4 is 27.6 Å².